The maximum absolute atomic E-state index is 10.8. The summed E-state index contributed by atoms with van der Waals surface area (Å²) in [5.74, 6) is 0.796. The molecule has 0 N–H and O–H groups in total. The molecule has 0 aliphatic heterocycles. The van der Waals surface area contributed by atoms with E-state index in [0.717, 1.165) is 11.3 Å². The molecule has 0 saturated carbocycles. The lowest BCUT2D eigenvalue weighted by Gasteiger charge is -2.08. The molecule has 0 fully saturated rings. The predicted molar refractivity (Wildman–Crippen MR) is 84.8 cm³/mol. The Kier molecular flexibility index (Phi) is 5.27. The first-order valence-electron chi connectivity index (χ1n) is 6.73. The molecule has 0 unspecified atom stereocenters. The molecule has 0 saturated heterocycles. The molecule has 0 bridgehead atoms. The number of nitro groups is 1. The van der Waals surface area contributed by atoms with Gasteiger partial charge in [-0.15, -0.1) is 0 Å². The van der Waals surface area contributed by atoms with Crippen molar-refractivity contribution >= 4 is 11.3 Å². The van der Waals surface area contributed by atoms with Crippen molar-refractivity contribution < 1.29 is 14.4 Å². The van der Waals surface area contributed by atoms with Crippen LogP contribution in [0.3, 0.4) is 0 Å². The summed E-state index contributed by atoms with van der Waals surface area (Å²) < 4.78 is 10.7. The monoisotopic (exact) mass is 299 g/mol. The van der Waals surface area contributed by atoms with Crippen LogP contribution in [0.1, 0.15) is 11.1 Å². The minimum absolute atomic E-state index is 0.0498. The van der Waals surface area contributed by atoms with Crippen molar-refractivity contribution in [1.82, 2.24) is 0 Å². The maximum atomic E-state index is 10.8. The molecule has 5 heteroatoms. The first-order valence-corrected chi connectivity index (χ1v) is 6.73. The van der Waals surface area contributed by atoms with Crippen molar-refractivity contribution in [2.45, 2.75) is 6.61 Å². The zero-order chi connectivity index (χ0) is 15.9. The average molecular weight is 299 g/mol. The van der Waals surface area contributed by atoms with E-state index < -0.39 is 4.92 Å². The van der Waals surface area contributed by atoms with Gasteiger partial charge < -0.3 is 9.47 Å². The lowest BCUT2D eigenvalue weighted by molar-refractivity contribution is -0.384. The number of ether oxygens (including phenoxy) is 2. The van der Waals surface area contributed by atoms with Crippen molar-refractivity contribution in [3.05, 3.63) is 76.4 Å². The molecule has 114 valence electrons. The molecule has 0 amide bonds. The molecule has 0 radical (unpaired) electrons. The number of rotatable bonds is 7. The van der Waals surface area contributed by atoms with E-state index in [-0.39, 0.29) is 5.69 Å². The van der Waals surface area contributed by atoms with Gasteiger partial charge in [-0.3, -0.25) is 10.1 Å². The Labute approximate surface area is 129 Å². The molecular formula is C17H17NO4. The second-order valence-electron chi connectivity index (χ2n) is 4.75. The average Bonchev–Trinajstić information content (AvgIpc) is 2.55. The van der Waals surface area contributed by atoms with E-state index in [4.69, 9.17) is 9.47 Å². The van der Waals surface area contributed by atoms with Crippen molar-refractivity contribution in [3.8, 4) is 5.75 Å². The van der Waals surface area contributed by atoms with Gasteiger partial charge in [-0.25, -0.2) is 0 Å². The summed E-state index contributed by atoms with van der Waals surface area (Å²) in [5.41, 5.74) is 2.49. The Bertz CT molecular complexity index is 665. The fourth-order valence-electron chi connectivity index (χ4n) is 1.94. The van der Waals surface area contributed by atoms with Crippen molar-refractivity contribution in [2.24, 2.45) is 0 Å². The molecule has 22 heavy (non-hydrogen) atoms. The largest absolute Gasteiger partial charge is 0.497 e. The van der Waals surface area contributed by atoms with Crippen LogP contribution >= 0.6 is 0 Å². The fraction of sp³-hybridized carbons (Fsp3) is 0.176. The van der Waals surface area contributed by atoms with Gasteiger partial charge in [-0.2, -0.15) is 0 Å². The van der Waals surface area contributed by atoms with Crippen LogP contribution in [0.25, 0.3) is 5.57 Å². The highest BCUT2D eigenvalue weighted by atomic mass is 16.6. The van der Waals surface area contributed by atoms with Gasteiger partial charge >= 0.3 is 0 Å². The summed E-state index contributed by atoms with van der Waals surface area (Å²) in [6.07, 6.45) is 0. The molecule has 2 rings (SSSR count). The molecule has 2 aromatic carbocycles. The Morgan fingerprint density at radius 2 is 1.95 bits per heavy atom. The standard InChI is InChI=1S/C17H17NO4/c1-13(15-4-3-5-16(10-15)18(19)20)11-22-12-14-6-8-17(21-2)9-7-14/h3-10H,1,11-12H2,2H3. The Morgan fingerprint density at radius 3 is 2.59 bits per heavy atom. The predicted octanol–water partition coefficient (Wildman–Crippen LogP) is 3.83. The number of nitro benzene ring substituents is 1. The third-order valence-electron chi connectivity index (χ3n) is 3.17. The van der Waals surface area contributed by atoms with Gasteiger partial charge in [0.15, 0.2) is 0 Å². The van der Waals surface area contributed by atoms with Crippen LogP contribution in [0.4, 0.5) is 5.69 Å². The molecule has 0 spiro atoms. The van der Waals surface area contributed by atoms with Gasteiger partial charge in [-0.05, 0) is 28.8 Å². The summed E-state index contributed by atoms with van der Waals surface area (Å²) in [6.45, 7) is 4.67. The van der Waals surface area contributed by atoms with E-state index >= 15 is 0 Å². The zero-order valence-corrected chi connectivity index (χ0v) is 12.3. The van der Waals surface area contributed by atoms with Gasteiger partial charge in [-0.1, -0.05) is 30.8 Å². The van der Waals surface area contributed by atoms with Crippen LogP contribution in [0, 0.1) is 10.1 Å². The van der Waals surface area contributed by atoms with Crippen LogP contribution in [0.15, 0.2) is 55.1 Å². The summed E-state index contributed by atoms with van der Waals surface area (Å²) in [6, 6.07) is 14.0. The van der Waals surface area contributed by atoms with Crippen molar-refractivity contribution in [2.75, 3.05) is 13.7 Å². The van der Waals surface area contributed by atoms with Crippen LogP contribution in [0.2, 0.25) is 0 Å². The van der Waals surface area contributed by atoms with Gasteiger partial charge in [0.25, 0.3) is 5.69 Å². The minimum Gasteiger partial charge on any atom is -0.497 e. The maximum Gasteiger partial charge on any atom is 0.270 e. The van der Waals surface area contributed by atoms with Crippen LogP contribution in [-0.4, -0.2) is 18.6 Å². The van der Waals surface area contributed by atoms with Crippen molar-refractivity contribution in [3.63, 3.8) is 0 Å². The smallest absolute Gasteiger partial charge is 0.270 e. The second kappa shape index (κ2) is 7.38. The van der Waals surface area contributed by atoms with E-state index in [1.54, 1.807) is 19.2 Å². The highest BCUT2D eigenvalue weighted by molar-refractivity contribution is 5.66. The van der Waals surface area contributed by atoms with Crippen molar-refractivity contribution in [1.29, 1.82) is 0 Å². The van der Waals surface area contributed by atoms with E-state index in [1.807, 2.05) is 24.3 Å². The van der Waals surface area contributed by atoms with Gasteiger partial charge in [0, 0.05) is 12.1 Å². The molecule has 0 atom stereocenters. The number of nitrogens with zero attached hydrogens (tertiary/aromatic N) is 1. The third-order valence-corrected chi connectivity index (χ3v) is 3.17. The summed E-state index contributed by atoms with van der Waals surface area (Å²) >= 11 is 0. The first kappa shape index (κ1) is 15.7. The van der Waals surface area contributed by atoms with Gasteiger partial charge in [0.1, 0.15) is 5.75 Å². The van der Waals surface area contributed by atoms with E-state index in [9.17, 15) is 10.1 Å². The van der Waals surface area contributed by atoms with E-state index in [2.05, 4.69) is 6.58 Å². The molecule has 0 aliphatic carbocycles. The number of non-ortho nitro benzene ring substituents is 1. The van der Waals surface area contributed by atoms with Gasteiger partial charge in [0.05, 0.1) is 25.2 Å². The lowest BCUT2D eigenvalue weighted by atomic mass is 10.1. The highest BCUT2D eigenvalue weighted by Gasteiger charge is 2.07. The minimum atomic E-state index is -0.422. The summed E-state index contributed by atoms with van der Waals surface area (Å²) in [5, 5.41) is 10.8. The topological polar surface area (TPSA) is 61.6 Å². The Balaban J connectivity index is 1.89. The number of benzene rings is 2. The zero-order valence-electron chi connectivity index (χ0n) is 12.3. The normalized spacial score (nSPS) is 10.2. The summed E-state index contributed by atoms with van der Waals surface area (Å²) in [7, 11) is 1.62. The Morgan fingerprint density at radius 1 is 1.23 bits per heavy atom. The highest BCUT2D eigenvalue weighted by Crippen LogP contribution is 2.20. The van der Waals surface area contributed by atoms with Crippen LogP contribution in [-0.2, 0) is 11.3 Å². The SMILES string of the molecule is C=C(COCc1ccc(OC)cc1)c1cccc([N+](=O)[O-])c1. The number of methoxy groups -OCH3 is 1. The molecule has 2 aromatic rings. The second-order valence-corrected chi connectivity index (χ2v) is 4.75. The summed E-state index contributed by atoms with van der Waals surface area (Å²) in [4.78, 5) is 10.3. The Hall–Kier alpha value is -2.66. The quantitative estimate of drug-likeness (QED) is 0.575. The fourth-order valence-corrected chi connectivity index (χ4v) is 1.94. The molecule has 0 aliphatic rings. The number of hydrogen-bond acceptors (Lipinski definition) is 4. The van der Waals surface area contributed by atoms with Gasteiger partial charge in [0.2, 0.25) is 0 Å². The molecule has 0 heterocycles. The number of hydrogen-bond donors (Lipinski definition) is 0. The molecular weight excluding hydrogens is 282 g/mol. The lowest BCUT2D eigenvalue weighted by Crippen LogP contribution is -1.98. The molecule has 0 aromatic heterocycles. The van der Waals surface area contributed by atoms with Crippen LogP contribution in [0.5, 0.6) is 5.75 Å². The van der Waals surface area contributed by atoms with E-state index in [1.165, 1.54) is 12.1 Å². The van der Waals surface area contributed by atoms with Crippen LogP contribution < -0.4 is 4.74 Å². The first-order chi connectivity index (χ1) is 10.6. The third kappa shape index (κ3) is 4.17. The van der Waals surface area contributed by atoms with E-state index in [0.29, 0.717) is 24.4 Å². The molecule has 5 nitrogen and oxygen atoms in total.